The van der Waals surface area contributed by atoms with Crippen molar-refractivity contribution in [3.05, 3.63) is 100 Å². The summed E-state index contributed by atoms with van der Waals surface area (Å²) < 4.78 is 27.1. The summed E-state index contributed by atoms with van der Waals surface area (Å²) in [5.41, 5.74) is 4.81. The Balaban J connectivity index is 1.30. The van der Waals surface area contributed by atoms with E-state index in [9.17, 15) is 18.7 Å². The molecule has 0 spiro atoms. The number of nitrogens with zero attached hydrogens (tertiary/aromatic N) is 2. The standard InChI is InChI=1S/C37H48F2N2O2/c1-36(2,3)32-23-26(24-33(35(32)43)37(4,5)6)25-40-19-21-41(22-20-40)34(42)10-8-7-9-31(27-11-15-29(38)16-12-27)28-13-17-30(39)18-14-28/h11-18,23-24,31,43H,7-10,19-22,25H2,1-6H3. The minimum Gasteiger partial charge on any atom is -0.507 e. The Morgan fingerprint density at radius 1 is 0.767 bits per heavy atom. The zero-order chi connectivity index (χ0) is 31.4. The molecule has 1 amide bonds. The van der Waals surface area contributed by atoms with Crippen LogP contribution in [0.1, 0.15) is 101 Å². The lowest BCUT2D eigenvalue weighted by Crippen LogP contribution is -2.48. The molecule has 1 aliphatic rings. The Hall–Kier alpha value is -3.25. The minimum atomic E-state index is -0.278. The van der Waals surface area contributed by atoms with Crippen molar-refractivity contribution in [3.63, 3.8) is 0 Å². The van der Waals surface area contributed by atoms with Crippen molar-refractivity contribution >= 4 is 5.91 Å². The average molecular weight is 591 g/mol. The van der Waals surface area contributed by atoms with E-state index in [2.05, 4.69) is 58.6 Å². The van der Waals surface area contributed by atoms with Gasteiger partial charge in [-0.05, 0) is 75.8 Å². The van der Waals surface area contributed by atoms with E-state index >= 15 is 0 Å². The number of hydrogen-bond donors (Lipinski definition) is 1. The molecule has 0 saturated carbocycles. The molecule has 0 aliphatic carbocycles. The van der Waals surface area contributed by atoms with Crippen LogP contribution in [0, 0.1) is 11.6 Å². The summed E-state index contributed by atoms with van der Waals surface area (Å²) in [6, 6.07) is 17.3. The molecule has 6 heteroatoms. The van der Waals surface area contributed by atoms with Crippen molar-refractivity contribution in [1.29, 1.82) is 0 Å². The molecular formula is C37H48F2N2O2. The van der Waals surface area contributed by atoms with Crippen LogP contribution in [0.25, 0.3) is 0 Å². The molecule has 1 N–H and O–H groups in total. The van der Waals surface area contributed by atoms with Gasteiger partial charge in [0.15, 0.2) is 0 Å². The Morgan fingerprint density at radius 3 is 1.67 bits per heavy atom. The topological polar surface area (TPSA) is 43.8 Å². The second-order valence-electron chi connectivity index (χ2n) is 14.1. The summed E-state index contributed by atoms with van der Waals surface area (Å²) in [5.74, 6) is 0.0620. The summed E-state index contributed by atoms with van der Waals surface area (Å²) in [6.07, 6.45) is 2.92. The second kappa shape index (κ2) is 13.6. The fourth-order valence-corrected chi connectivity index (χ4v) is 6.04. The third kappa shape index (κ3) is 8.66. The van der Waals surface area contributed by atoms with Gasteiger partial charge in [-0.3, -0.25) is 9.69 Å². The molecule has 1 heterocycles. The maximum absolute atomic E-state index is 13.5. The van der Waals surface area contributed by atoms with Gasteiger partial charge in [0.25, 0.3) is 0 Å². The number of benzene rings is 3. The van der Waals surface area contributed by atoms with Crippen molar-refractivity contribution in [2.75, 3.05) is 26.2 Å². The number of rotatable bonds is 9. The summed E-state index contributed by atoms with van der Waals surface area (Å²) in [7, 11) is 0. The molecule has 0 radical (unpaired) electrons. The average Bonchev–Trinajstić information content (AvgIpc) is 2.94. The van der Waals surface area contributed by atoms with E-state index in [1.807, 2.05) is 4.90 Å². The molecule has 1 aliphatic heterocycles. The van der Waals surface area contributed by atoms with Gasteiger partial charge < -0.3 is 10.0 Å². The molecule has 232 valence electrons. The van der Waals surface area contributed by atoms with Crippen molar-refractivity contribution in [2.45, 2.75) is 90.5 Å². The van der Waals surface area contributed by atoms with Gasteiger partial charge in [0.05, 0.1) is 0 Å². The van der Waals surface area contributed by atoms with Gasteiger partial charge in [-0.25, -0.2) is 8.78 Å². The van der Waals surface area contributed by atoms with Crippen LogP contribution in [0.5, 0.6) is 5.75 Å². The van der Waals surface area contributed by atoms with Crippen LogP contribution >= 0.6 is 0 Å². The van der Waals surface area contributed by atoms with Crippen molar-refractivity contribution < 1.29 is 18.7 Å². The lowest BCUT2D eigenvalue weighted by atomic mass is 9.78. The van der Waals surface area contributed by atoms with Gasteiger partial charge in [0, 0.05) is 45.1 Å². The van der Waals surface area contributed by atoms with Crippen LogP contribution in [-0.4, -0.2) is 47.0 Å². The van der Waals surface area contributed by atoms with Crippen LogP contribution in [0.3, 0.4) is 0 Å². The van der Waals surface area contributed by atoms with E-state index in [1.54, 1.807) is 24.3 Å². The molecular weight excluding hydrogens is 542 g/mol. The highest BCUT2D eigenvalue weighted by molar-refractivity contribution is 5.76. The van der Waals surface area contributed by atoms with Crippen molar-refractivity contribution in [2.24, 2.45) is 0 Å². The quantitative estimate of drug-likeness (QED) is 0.255. The monoisotopic (exact) mass is 590 g/mol. The molecule has 3 aromatic rings. The molecule has 4 nitrogen and oxygen atoms in total. The third-order valence-electron chi connectivity index (χ3n) is 8.60. The predicted octanol–water partition coefficient (Wildman–Crippen LogP) is 8.30. The highest BCUT2D eigenvalue weighted by Crippen LogP contribution is 2.40. The smallest absolute Gasteiger partial charge is 0.222 e. The zero-order valence-electron chi connectivity index (χ0n) is 26.7. The van der Waals surface area contributed by atoms with E-state index < -0.39 is 0 Å². The first-order chi connectivity index (χ1) is 20.2. The molecule has 43 heavy (non-hydrogen) atoms. The van der Waals surface area contributed by atoms with E-state index in [-0.39, 0.29) is 34.3 Å². The summed E-state index contributed by atoms with van der Waals surface area (Å²) >= 11 is 0. The van der Waals surface area contributed by atoms with Crippen molar-refractivity contribution in [3.8, 4) is 5.75 Å². The SMILES string of the molecule is CC(C)(C)c1cc(CN2CCN(C(=O)CCCCC(c3ccc(F)cc3)c3ccc(F)cc3)CC2)cc(C(C)(C)C)c1O. The number of piperazine rings is 1. The number of carbonyl (C=O) groups excluding carboxylic acids is 1. The molecule has 1 saturated heterocycles. The largest absolute Gasteiger partial charge is 0.507 e. The molecule has 3 aromatic carbocycles. The maximum atomic E-state index is 13.5. The van der Waals surface area contributed by atoms with Crippen LogP contribution in [-0.2, 0) is 22.2 Å². The van der Waals surface area contributed by atoms with Gasteiger partial charge in [-0.15, -0.1) is 0 Å². The van der Waals surface area contributed by atoms with Crippen LogP contribution in [0.2, 0.25) is 0 Å². The number of halogens is 2. The summed E-state index contributed by atoms with van der Waals surface area (Å²) in [4.78, 5) is 17.4. The molecule has 0 aromatic heterocycles. The number of amides is 1. The fourth-order valence-electron chi connectivity index (χ4n) is 6.04. The van der Waals surface area contributed by atoms with E-state index in [0.29, 0.717) is 25.3 Å². The highest BCUT2D eigenvalue weighted by atomic mass is 19.1. The number of phenolic OH excluding ortho intramolecular Hbond substituents is 1. The summed E-state index contributed by atoms with van der Waals surface area (Å²) in [5, 5.41) is 11.1. The lowest BCUT2D eigenvalue weighted by molar-refractivity contribution is -0.133. The second-order valence-corrected chi connectivity index (χ2v) is 14.1. The van der Waals surface area contributed by atoms with Gasteiger partial charge in [0.1, 0.15) is 17.4 Å². The molecule has 0 bridgehead atoms. The predicted molar refractivity (Wildman–Crippen MR) is 170 cm³/mol. The Morgan fingerprint density at radius 2 is 1.23 bits per heavy atom. The van der Waals surface area contributed by atoms with Gasteiger partial charge in [-0.1, -0.05) is 84.4 Å². The lowest BCUT2D eigenvalue weighted by Gasteiger charge is -2.35. The van der Waals surface area contributed by atoms with E-state index in [4.69, 9.17) is 0 Å². The first-order valence-electron chi connectivity index (χ1n) is 15.6. The third-order valence-corrected chi connectivity index (χ3v) is 8.60. The van der Waals surface area contributed by atoms with Gasteiger partial charge >= 0.3 is 0 Å². The molecule has 0 atom stereocenters. The van der Waals surface area contributed by atoms with E-state index in [0.717, 1.165) is 61.2 Å². The summed E-state index contributed by atoms with van der Waals surface area (Å²) in [6.45, 7) is 16.7. The molecule has 1 fully saturated rings. The van der Waals surface area contributed by atoms with Crippen LogP contribution < -0.4 is 0 Å². The number of carbonyl (C=O) groups is 1. The first-order valence-corrected chi connectivity index (χ1v) is 15.6. The molecule has 0 unspecified atom stereocenters. The van der Waals surface area contributed by atoms with Crippen molar-refractivity contribution in [1.82, 2.24) is 9.80 Å². The Bertz CT molecular complexity index is 1280. The number of phenols is 1. The Kier molecular flexibility index (Phi) is 10.3. The first kappa shape index (κ1) is 32.7. The maximum Gasteiger partial charge on any atom is 0.222 e. The zero-order valence-corrected chi connectivity index (χ0v) is 26.7. The Labute approximate surface area is 256 Å². The highest BCUT2D eigenvalue weighted by Gasteiger charge is 2.28. The van der Waals surface area contributed by atoms with Gasteiger partial charge in [0.2, 0.25) is 5.91 Å². The number of hydrogen-bond acceptors (Lipinski definition) is 3. The van der Waals surface area contributed by atoms with E-state index in [1.165, 1.54) is 29.8 Å². The fraction of sp³-hybridized carbons (Fsp3) is 0.486. The minimum absolute atomic E-state index is 0.0253. The molecule has 4 rings (SSSR count). The number of aromatic hydroxyl groups is 1. The normalized spacial score (nSPS) is 14.9. The number of unbranched alkanes of at least 4 members (excludes halogenated alkanes) is 1. The van der Waals surface area contributed by atoms with Gasteiger partial charge in [-0.2, -0.15) is 0 Å². The van der Waals surface area contributed by atoms with Crippen LogP contribution in [0.15, 0.2) is 60.7 Å². The van der Waals surface area contributed by atoms with Crippen LogP contribution in [0.4, 0.5) is 8.78 Å².